The number of carboxylic acid groups (broad SMARTS) is 1. The topological polar surface area (TPSA) is 40.5 Å². The highest BCUT2D eigenvalue weighted by molar-refractivity contribution is 5.76. The number of likely N-dealkylation sites (tertiary alicyclic amines) is 1. The molecule has 1 N–H and O–H groups in total. The highest BCUT2D eigenvalue weighted by Crippen LogP contribution is 2.29. The summed E-state index contributed by atoms with van der Waals surface area (Å²) in [6, 6.07) is 0. The van der Waals surface area contributed by atoms with Crippen LogP contribution in [0.1, 0.15) is 47.0 Å². The zero-order chi connectivity index (χ0) is 11.9. The van der Waals surface area contributed by atoms with E-state index in [-0.39, 0.29) is 0 Å². The molecule has 1 heterocycles. The molecule has 0 unspecified atom stereocenters. The predicted molar refractivity (Wildman–Crippen MR) is 63.1 cm³/mol. The van der Waals surface area contributed by atoms with Crippen LogP contribution in [0.2, 0.25) is 0 Å². The Bertz CT molecular complexity index is 184. The largest absolute Gasteiger partial charge is 0.481 e. The van der Waals surface area contributed by atoms with Gasteiger partial charge in [0.1, 0.15) is 0 Å². The Labute approximate surface area is 93.5 Å². The normalized spacial score (nSPS) is 18.7. The van der Waals surface area contributed by atoms with Crippen molar-refractivity contribution in [3.8, 4) is 0 Å². The van der Waals surface area contributed by atoms with Crippen molar-refractivity contribution in [2.24, 2.45) is 5.41 Å². The molecule has 0 atom stereocenters. The van der Waals surface area contributed by atoms with Gasteiger partial charge in [-0.1, -0.05) is 40.0 Å². The fourth-order valence-corrected chi connectivity index (χ4v) is 1.65. The molecule has 0 aromatic rings. The summed E-state index contributed by atoms with van der Waals surface area (Å²) in [5.41, 5.74) is -0.462. The Hall–Kier alpha value is -0.570. The third-order valence-electron chi connectivity index (χ3n) is 2.82. The molecule has 3 heteroatoms. The zero-order valence-electron chi connectivity index (χ0n) is 10.5. The molecule has 0 radical (unpaired) electrons. The van der Waals surface area contributed by atoms with Gasteiger partial charge in [-0.15, -0.1) is 0 Å². The van der Waals surface area contributed by atoms with Gasteiger partial charge in [-0.25, -0.2) is 0 Å². The minimum Gasteiger partial charge on any atom is -0.481 e. The van der Waals surface area contributed by atoms with Crippen molar-refractivity contribution in [3.63, 3.8) is 0 Å². The van der Waals surface area contributed by atoms with Crippen LogP contribution in [0.25, 0.3) is 0 Å². The number of nitrogens with zero attached hydrogens (tertiary/aromatic N) is 1. The molecule has 3 nitrogen and oxygen atoms in total. The van der Waals surface area contributed by atoms with E-state index in [9.17, 15) is 4.79 Å². The average molecular weight is 215 g/mol. The summed E-state index contributed by atoms with van der Waals surface area (Å²) in [4.78, 5) is 12.7. The summed E-state index contributed by atoms with van der Waals surface area (Å²) in [5.74, 6) is -0.669. The molecule has 1 rings (SSSR count). The lowest BCUT2D eigenvalue weighted by molar-refractivity contribution is -0.158. The maximum Gasteiger partial charge on any atom is 0.311 e. The van der Waals surface area contributed by atoms with E-state index in [0.29, 0.717) is 13.1 Å². The molecule has 0 aromatic carbocycles. The van der Waals surface area contributed by atoms with Crippen LogP contribution in [0, 0.1) is 5.41 Å². The fourth-order valence-electron chi connectivity index (χ4n) is 1.65. The van der Waals surface area contributed by atoms with Gasteiger partial charge in [0.25, 0.3) is 0 Å². The monoisotopic (exact) mass is 215 g/mol. The second-order valence-electron chi connectivity index (χ2n) is 4.52. The van der Waals surface area contributed by atoms with E-state index < -0.39 is 11.4 Å². The van der Waals surface area contributed by atoms with Crippen molar-refractivity contribution in [3.05, 3.63) is 0 Å². The number of hydrogen-bond acceptors (Lipinski definition) is 2. The molecule has 0 amide bonds. The highest BCUT2D eigenvalue weighted by atomic mass is 16.4. The van der Waals surface area contributed by atoms with E-state index in [0.717, 1.165) is 6.54 Å². The minimum absolute atomic E-state index is 0.462. The van der Waals surface area contributed by atoms with E-state index in [4.69, 9.17) is 5.11 Å². The van der Waals surface area contributed by atoms with Crippen LogP contribution in [-0.2, 0) is 4.79 Å². The van der Waals surface area contributed by atoms with Crippen LogP contribution >= 0.6 is 0 Å². The zero-order valence-corrected chi connectivity index (χ0v) is 10.5. The van der Waals surface area contributed by atoms with Crippen molar-refractivity contribution in [2.45, 2.75) is 47.0 Å². The fraction of sp³-hybridized carbons (Fsp3) is 0.917. The van der Waals surface area contributed by atoms with Gasteiger partial charge in [0.2, 0.25) is 0 Å². The van der Waals surface area contributed by atoms with E-state index in [1.54, 1.807) is 6.92 Å². The van der Waals surface area contributed by atoms with Crippen LogP contribution in [0.4, 0.5) is 0 Å². The molecule has 0 saturated carbocycles. The molecular formula is C12H25NO2. The smallest absolute Gasteiger partial charge is 0.311 e. The molecule has 0 aromatic heterocycles. The molecule has 1 fully saturated rings. The lowest BCUT2D eigenvalue weighted by atomic mass is 9.82. The van der Waals surface area contributed by atoms with Crippen LogP contribution < -0.4 is 0 Å². The summed E-state index contributed by atoms with van der Waals surface area (Å²) < 4.78 is 0. The molecule has 0 bridgehead atoms. The summed E-state index contributed by atoms with van der Waals surface area (Å²) in [6.45, 7) is 10.6. The van der Waals surface area contributed by atoms with E-state index >= 15 is 0 Å². The highest BCUT2D eigenvalue weighted by Gasteiger charge is 2.44. The van der Waals surface area contributed by atoms with Gasteiger partial charge in [-0.2, -0.15) is 0 Å². The third-order valence-corrected chi connectivity index (χ3v) is 2.82. The first-order valence-electron chi connectivity index (χ1n) is 5.95. The van der Waals surface area contributed by atoms with Gasteiger partial charge in [0.05, 0.1) is 5.41 Å². The number of carboxylic acids is 1. The molecule has 1 saturated heterocycles. The van der Waals surface area contributed by atoms with Crippen molar-refractivity contribution in [1.82, 2.24) is 4.90 Å². The standard InChI is InChI=1S/C7H13NO2.C5H12/c1-3-8-4-7(2,5-8)6(9)10;1-3-5-4-2/h3-5H2,1-2H3,(H,9,10);3-5H2,1-2H3. The predicted octanol–water partition coefficient (Wildman–Crippen LogP) is 2.61. The molecule has 0 spiro atoms. The number of rotatable bonds is 4. The molecule has 1 aliphatic rings. The SMILES string of the molecule is CCCCC.CCN1CC(C)(C(=O)O)C1. The quantitative estimate of drug-likeness (QED) is 0.783. The van der Waals surface area contributed by atoms with Gasteiger partial charge in [-0.3, -0.25) is 4.79 Å². The maximum absolute atomic E-state index is 10.5. The lowest BCUT2D eigenvalue weighted by Gasteiger charge is -2.44. The average Bonchev–Trinajstić information content (AvgIpc) is 2.14. The van der Waals surface area contributed by atoms with Crippen molar-refractivity contribution < 1.29 is 9.90 Å². The van der Waals surface area contributed by atoms with E-state index in [1.807, 2.05) is 6.92 Å². The van der Waals surface area contributed by atoms with Crippen LogP contribution in [0.3, 0.4) is 0 Å². The van der Waals surface area contributed by atoms with Crippen molar-refractivity contribution >= 4 is 5.97 Å². The maximum atomic E-state index is 10.5. The minimum atomic E-state index is -0.669. The molecule has 90 valence electrons. The van der Waals surface area contributed by atoms with Crippen LogP contribution in [0.15, 0.2) is 0 Å². The van der Waals surface area contributed by atoms with Crippen LogP contribution in [0.5, 0.6) is 0 Å². The van der Waals surface area contributed by atoms with Crippen molar-refractivity contribution in [2.75, 3.05) is 19.6 Å². The van der Waals surface area contributed by atoms with Gasteiger partial charge in [0, 0.05) is 13.1 Å². The third kappa shape index (κ3) is 4.65. The Balaban J connectivity index is 0.000000336. The molecule has 15 heavy (non-hydrogen) atoms. The second-order valence-corrected chi connectivity index (χ2v) is 4.52. The van der Waals surface area contributed by atoms with Gasteiger partial charge in [-0.05, 0) is 13.5 Å². The number of aliphatic carboxylic acids is 1. The molecule has 1 aliphatic heterocycles. The van der Waals surface area contributed by atoms with Gasteiger partial charge >= 0.3 is 5.97 Å². The summed E-state index contributed by atoms with van der Waals surface area (Å²) in [5, 5.41) is 8.68. The summed E-state index contributed by atoms with van der Waals surface area (Å²) in [7, 11) is 0. The van der Waals surface area contributed by atoms with Gasteiger partial charge < -0.3 is 10.0 Å². The van der Waals surface area contributed by atoms with Crippen LogP contribution in [-0.4, -0.2) is 35.6 Å². The lowest BCUT2D eigenvalue weighted by Crippen LogP contribution is -2.58. The first kappa shape index (κ1) is 14.4. The number of carbonyl (C=O) groups is 1. The molecule has 0 aliphatic carbocycles. The second kappa shape index (κ2) is 6.83. The Morgan fingerprint density at radius 1 is 1.27 bits per heavy atom. The Kier molecular flexibility index (Phi) is 6.57. The van der Waals surface area contributed by atoms with Crippen molar-refractivity contribution in [1.29, 1.82) is 0 Å². The first-order valence-corrected chi connectivity index (χ1v) is 5.95. The van der Waals surface area contributed by atoms with E-state index in [2.05, 4.69) is 18.7 Å². The Morgan fingerprint density at radius 2 is 1.73 bits per heavy atom. The number of hydrogen-bond donors (Lipinski definition) is 1. The first-order chi connectivity index (χ1) is 7.00. The van der Waals surface area contributed by atoms with E-state index in [1.165, 1.54) is 19.3 Å². The number of unbranched alkanes of at least 4 members (excludes halogenated alkanes) is 2. The summed E-state index contributed by atoms with van der Waals surface area (Å²) in [6.07, 6.45) is 4.08. The summed E-state index contributed by atoms with van der Waals surface area (Å²) >= 11 is 0. The molecular weight excluding hydrogens is 190 g/mol. The van der Waals surface area contributed by atoms with Gasteiger partial charge in [0.15, 0.2) is 0 Å². The Morgan fingerprint density at radius 3 is 1.93 bits per heavy atom.